The average Bonchev–Trinajstić information content (AvgIpc) is 2.16. The molecule has 0 unspecified atom stereocenters. The first-order chi connectivity index (χ1) is 7.49. The summed E-state index contributed by atoms with van der Waals surface area (Å²) in [6, 6.07) is 3.50. The standard InChI is InChI=1S/C8H11N3O4S/c12-8(13)11-16(14,15)10-6-3-7-1-4-9-5-2-7/h1-2,4-5,10-11H,3,6H2,(H,12,13). The quantitative estimate of drug-likeness (QED) is 0.661. The molecule has 0 aliphatic rings. The maximum atomic E-state index is 11.0. The minimum Gasteiger partial charge on any atom is -0.464 e. The van der Waals surface area contributed by atoms with Crippen molar-refractivity contribution >= 4 is 16.3 Å². The number of pyridine rings is 1. The summed E-state index contributed by atoms with van der Waals surface area (Å²) in [5, 5.41) is 8.23. The number of carbonyl (C=O) groups is 1. The molecule has 0 aliphatic carbocycles. The number of rotatable bonds is 5. The van der Waals surface area contributed by atoms with Gasteiger partial charge in [-0.3, -0.25) is 4.98 Å². The van der Waals surface area contributed by atoms with Gasteiger partial charge >= 0.3 is 16.3 Å². The van der Waals surface area contributed by atoms with Crippen LogP contribution in [0.5, 0.6) is 0 Å². The van der Waals surface area contributed by atoms with Crippen LogP contribution in [0.2, 0.25) is 0 Å². The zero-order valence-corrected chi connectivity index (χ0v) is 9.07. The van der Waals surface area contributed by atoms with E-state index in [1.54, 1.807) is 24.5 Å². The molecule has 0 aliphatic heterocycles. The maximum Gasteiger partial charge on any atom is 0.419 e. The number of nitrogens with one attached hydrogen (secondary N) is 2. The van der Waals surface area contributed by atoms with Gasteiger partial charge in [-0.2, -0.15) is 13.1 Å². The molecule has 0 spiro atoms. The van der Waals surface area contributed by atoms with Crippen LogP contribution in [0.1, 0.15) is 5.56 Å². The van der Waals surface area contributed by atoms with Gasteiger partial charge in [-0.05, 0) is 24.1 Å². The Morgan fingerprint density at radius 3 is 2.56 bits per heavy atom. The van der Waals surface area contributed by atoms with Crippen LogP contribution in [0.15, 0.2) is 24.5 Å². The molecule has 0 saturated heterocycles. The summed E-state index contributed by atoms with van der Waals surface area (Å²) >= 11 is 0. The molecule has 88 valence electrons. The summed E-state index contributed by atoms with van der Waals surface area (Å²) in [4.78, 5) is 13.9. The van der Waals surface area contributed by atoms with Crippen molar-refractivity contribution in [2.75, 3.05) is 6.54 Å². The van der Waals surface area contributed by atoms with Gasteiger partial charge in [-0.15, -0.1) is 0 Å². The third-order valence-corrected chi connectivity index (χ3v) is 2.70. The molecule has 3 N–H and O–H groups in total. The second kappa shape index (κ2) is 5.42. The van der Waals surface area contributed by atoms with E-state index in [1.807, 2.05) is 0 Å². The van der Waals surface area contributed by atoms with Crippen LogP contribution in [-0.2, 0) is 16.6 Å². The Bertz CT molecular complexity index is 446. The zero-order chi connectivity index (χ0) is 12.0. The summed E-state index contributed by atoms with van der Waals surface area (Å²) < 4.78 is 25.5. The molecule has 1 heterocycles. The lowest BCUT2D eigenvalue weighted by Gasteiger charge is -2.05. The van der Waals surface area contributed by atoms with Gasteiger partial charge in [0.25, 0.3) is 0 Å². The number of hydrogen-bond donors (Lipinski definition) is 3. The molecule has 0 radical (unpaired) electrons. The largest absolute Gasteiger partial charge is 0.464 e. The van der Waals surface area contributed by atoms with Crippen molar-refractivity contribution in [1.82, 2.24) is 14.4 Å². The van der Waals surface area contributed by atoms with E-state index in [4.69, 9.17) is 5.11 Å². The van der Waals surface area contributed by atoms with Crippen LogP contribution < -0.4 is 9.44 Å². The summed E-state index contributed by atoms with van der Waals surface area (Å²) in [5.74, 6) is 0. The Kier molecular flexibility index (Phi) is 4.20. The molecule has 16 heavy (non-hydrogen) atoms. The third-order valence-electron chi connectivity index (χ3n) is 1.68. The molecular weight excluding hydrogens is 234 g/mol. The Morgan fingerprint density at radius 1 is 1.38 bits per heavy atom. The summed E-state index contributed by atoms with van der Waals surface area (Å²) in [7, 11) is -3.97. The summed E-state index contributed by atoms with van der Waals surface area (Å²) in [6.07, 6.45) is 2.04. The van der Waals surface area contributed by atoms with Crippen LogP contribution in [0.4, 0.5) is 4.79 Å². The zero-order valence-electron chi connectivity index (χ0n) is 8.25. The maximum absolute atomic E-state index is 11.0. The van der Waals surface area contributed by atoms with Crippen molar-refractivity contribution in [2.45, 2.75) is 6.42 Å². The highest BCUT2D eigenvalue weighted by Crippen LogP contribution is 1.96. The van der Waals surface area contributed by atoms with Gasteiger partial charge in [0.05, 0.1) is 0 Å². The smallest absolute Gasteiger partial charge is 0.419 e. The number of carboxylic acid groups (broad SMARTS) is 1. The van der Waals surface area contributed by atoms with E-state index in [0.29, 0.717) is 6.42 Å². The first-order valence-corrected chi connectivity index (χ1v) is 5.87. The average molecular weight is 245 g/mol. The van der Waals surface area contributed by atoms with Crippen molar-refractivity contribution in [3.05, 3.63) is 30.1 Å². The van der Waals surface area contributed by atoms with Gasteiger partial charge in [-0.25, -0.2) is 9.52 Å². The van der Waals surface area contributed by atoms with Crippen molar-refractivity contribution < 1.29 is 18.3 Å². The molecule has 1 rings (SSSR count). The van der Waals surface area contributed by atoms with Gasteiger partial charge in [0.1, 0.15) is 0 Å². The fourth-order valence-electron chi connectivity index (χ4n) is 1.03. The molecule has 1 aromatic rings. The molecule has 8 heteroatoms. The minimum absolute atomic E-state index is 0.118. The SMILES string of the molecule is O=C(O)NS(=O)(=O)NCCc1ccncc1. The third kappa shape index (κ3) is 4.71. The topological polar surface area (TPSA) is 108 Å². The number of amides is 1. The predicted molar refractivity (Wildman–Crippen MR) is 56.0 cm³/mol. The van der Waals surface area contributed by atoms with Gasteiger partial charge < -0.3 is 5.11 Å². The molecule has 1 aromatic heterocycles. The number of hydrogen-bond acceptors (Lipinski definition) is 4. The first-order valence-electron chi connectivity index (χ1n) is 4.39. The highest BCUT2D eigenvalue weighted by molar-refractivity contribution is 7.88. The molecular formula is C8H11N3O4S. The van der Waals surface area contributed by atoms with Crippen LogP contribution in [0.3, 0.4) is 0 Å². The van der Waals surface area contributed by atoms with E-state index in [9.17, 15) is 13.2 Å². The Morgan fingerprint density at radius 2 is 2.00 bits per heavy atom. The Balaban J connectivity index is 2.39. The predicted octanol–water partition coefficient (Wildman–Crippen LogP) is -0.274. The lowest BCUT2D eigenvalue weighted by molar-refractivity contribution is 0.201. The van der Waals surface area contributed by atoms with E-state index in [2.05, 4.69) is 9.71 Å². The van der Waals surface area contributed by atoms with E-state index in [0.717, 1.165) is 5.56 Å². The van der Waals surface area contributed by atoms with Crippen molar-refractivity contribution in [3.63, 3.8) is 0 Å². The van der Waals surface area contributed by atoms with E-state index >= 15 is 0 Å². The van der Waals surface area contributed by atoms with Gasteiger partial charge in [-0.1, -0.05) is 0 Å². The second-order valence-corrected chi connectivity index (χ2v) is 4.41. The Hall–Kier alpha value is -1.67. The highest BCUT2D eigenvalue weighted by atomic mass is 32.2. The first kappa shape index (κ1) is 12.4. The van der Waals surface area contributed by atoms with Crippen LogP contribution >= 0.6 is 0 Å². The van der Waals surface area contributed by atoms with Crippen molar-refractivity contribution in [3.8, 4) is 0 Å². The molecule has 0 aromatic carbocycles. The van der Waals surface area contributed by atoms with E-state index < -0.39 is 16.3 Å². The number of nitrogens with zero attached hydrogens (tertiary/aromatic N) is 1. The molecule has 1 amide bonds. The summed E-state index contributed by atoms with van der Waals surface area (Å²) in [6.45, 7) is 0.118. The van der Waals surface area contributed by atoms with Gasteiger partial charge in [0.15, 0.2) is 0 Å². The molecule has 0 fully saturated rings. The van der Waals surface area contributed by atoms with Gasteiger partial charge in [0, 0.05) is 18.9 Å². The minimum atomic E-state index is -3.97. The normalized spacial score (nSPS) is 11.0. The molecule has 0 bridgehead atoms. The van der Waals surface area contributed by atoms with Crippen LogP contribution in [0, 0.1) is 0 Å². The summed E-state index contributed by atoms with van der Waals surface area (Å²) in [5.41, 5.74) is 0.910. The van der Waals surface area contributed by atoms with Crippen molar-refractivity contribution in [2.24, 2.45) is 0 Å². The fraction of sp³-hybridized carbons (Fsp3) is 0.250. The lowest BCUT2D eigenvalue weighted by atomic mass is 10.2. The fourth-order valence-corrected chi connectivity index (χ4v) is 1.70. The Labute approximate surface area is 92.7 Å². The second-order valence-electron chi connectivity index (χ2n) is 2.91. The van der Waals surface area contributed by atoms with Crippen LogP contribution in [0.25, 0.3) is 0 Å². The van der Waals surface area contributed by atoms with E-state index in [1.165, 1.54) is 4.72 Å². The number of aromatic nitrogens is 1. The van der Waals surface area contributed by atoms with Crippen LogP contribution in [-0.4, -0.2) is 31.1 Å². The van der Waals surface area contributed by atoms with E-state index in [-0.39, 0.29) is 6.54 Å². The van der Waals surface area contributed by atoms with Crippen molar-refractivity contribution in [1.29, 1.82) is 0 Å². The lowest BCUT2D eigenvalue weighted by Crippen LogP contribution is -2.40. The highest BCUT2D eigenvalue weighted by Gasteiger charge is 2.11. The molecule has 0 saturated carbocycles. The monoisotopic (exact) mass is 245 g/mol. The molecule has 0 atom stereocenters. The molecule has 7 nitrogen and oxygen atoms in total. The van der Waals surface area contributed by atoms with Gasteiger partial charge in [0.2, 0.25) is 0 Å².